The zero-order valence-electron chi connectivity index (χ0n) is 13.3. The molecule has 1 atom stereocenters. The van der Waals surface area contributed by atoms with Gasteiger partial charge < -0.3 is 10.6 Å². The van der Waals surface area contributed by atoms with Gasteiger partial charge in [0.2, 0.25) is 11.0 Å². The van der Waals surface area contributed by atoms with Crippen molar-refractivity contribution in [3.05, 3.63) is 28.2 Å². The monoisotopic (exact) mass is 404 g/mol. The number of rotatable bonds is 8. The smallest absolute Gasteiger partial charge is 0.237 e. The Morgan fingerprint density at radius 3 is 2.71 bits per heavy atom. The molecule has 24 heavy (non-hydrogen) atoms. The first-order chi connectivity index (χ1) is 11.5. The molecule has 5 nitrogen and oxygen atoms in total. The second-order valence-electron chi connectivity index (χ2n) is 5.00. The van der Waals surface area contributed by atoms with Crippen LogP contribution >= 0.6 is 46.3 Å². The minimum atomic E-state index is -0.353. The van der Waals surface area contributed by atoms with E-state index in [2.05, 4.69) is 27.8 Å². The number of carbonyl (C=O) groups excluding carboxylic acids is 1. The summed E-state index contributed by atoms with van der Waals surface area (Å²) in [5, 5.41) is 15.4. The number of amides is 1. The molecule has 0 spiro atoms. The number of nitrogens with one attached hydrogen (secondary N) is 2. The number of para-hydroxylation sites is 1. The van der Waals surface area contributed by atoms with Crippen molar-refractivity contribution < 1.29 is 4.79 Å². The number of hydrogen-bond donors (Lipinski definition) is 2. The van der Waals surface area contributed by atoms with Gasteiger partial charge in [0.05, 0.1) is 21.0 Å². The van der Waals surface area contributed by atoms with Crippen LogP contribution in [0.3, 0.4) is 0 Å². The standard InChI is InChI=1S/C15H18Cl2N4OS2/c1-3-4-8-18-14-20-21-15(24-14)23-9(2)13(22)19-12-10(16)6-5-7-11(12)17/h5-7,9H,3-4,8H2,1-2H3,(H,18,20)(H,19,22)/t9-/m0/s1. The summed E-state index contributed by atoms with van der Waals surface area (Å²) < 4.78 is 0.738. The molecule has 0 aliphatic carbocycles. The van der Waals surface area contributed by atoms with E-state index in [-0.39, 0.29) is 11.2 Å². The number of hydrogen-bond acceptors (Lipinski definition) is 6. The van der Waals surface area contributed by atoms with Crippen molar-refractivity contribution in [2.75, 3.05) is 17.2 Å². The Kier molecular flexibility index (Phi) is 7.61. The van der Waals surface area contributed by atoms with Crippen molar-refractivity contribution in [2.45, 2.75) is 36.3 Å². The average Bonchev–Trinajstić information content (AvgIpc) is 2.98. The quantitative estimate of drug-likeness (QED) is 0.468. The number of thioether (sulfide) groups is 1. The Hall–Kier alpha value is -1.02. The molecule has 0 saturated heterocycles. The highest BCUT2D eigenvalue weighted by atomic mass is 35.5. The zero-order valence-corrected chi connectivity index (χ0v) is 16.5. The van der Waals surface area contributed by atoms with Crippen molar-refractivity contribution in [3.63, 3.8) is 0 Å². The molecule has 1 amide bonds. The van der Waals surface area contributed by atoms with Crippen LogP contribution in [0.15, 0.2) is 22.5 Å². The van der Waals surface area contributed by atoms with Gasteiger partial charge in [0, 0.05) is 6.54 Å². The molecule has 1 aromatic heterocycles. The first-order valence-electron chi connectivity index (χ1n) is 7.50. The maximum atomic E-state index is 12.3. The van der Waals surface area contributed by atoms with E-state index in [1.54, 1.807) is 25.1 Å². The number of benzene rings is 1. The van der Waals surface area contributed by atoms with Crippen LogP contribution in [0.2, 0.25) is 10.0 Å². The fraction of sp³-hybridized carbons (Fsp3) is 0.400. The van der Waals surface area contributed by atoms with E-state index in [4.69, 9.17) is 23.2 Å². The minimum Gasteiger partial charge on any atom is -0.360 e. The summed E-state index contributed by atoms with van der Waals surface area (Å²) in [5.74, 6) is -0.189. The first kappa shape index (κ1) is 19.3. The molecule has 0 aliphatic rings. The normalized spacial score (nSPS) is 12.0. The lowest BCUT2D eigenvalue weighted by Crippen LogP contribution is -2.22. The van der Waals surface area contributed by atoms with E-state index >= 15 is 0 Å². The van der Waals surface area contributed by atoms with Crippen molar-refractivity contribution in [3.8, 4) is 0 Å². The Balaban J connectivity index is 1.92. The molecule has 0 bridgehead atoms. The fourth-order valence-corrected chi connectivity index (χ4v) is 4.16. The van der Waals surface area contributed by atoms with Crippen LogP contribution < -0.4 is 10.6 Å². The molecule has 1 aromatic carbocycles. The van der Waals surface area contributed by atoms with Crippen molar-refractivity contribution in [2.24, 2.45) is 0 Å². The number of carbonyl (C=O) groups is 1. The van der Waals surface area contributed by atoms with Crippen LogP contribution in [0, 0.1) is 0 Å². The van der Waals surface area contributed by atoms with Gasteiger partial charge in [-0.15, -0.1) is 10.2 Å². The predicted molar refractivity (Wildman–Crippen MR) is 104 cm³/mol. The fourth-order valence-electron chi connectivity index (χ4n) is 1.75. The molecule has 0 unspecified atom stereocenters. The van der Waals surface area contributed by atoms with Crippen molar-refractivity contribution >= 4 is 63.0 Å². The number of halogens is 2. The minimum absolute atomic E-state index is 0.189. The van der Waals surface area contributed by atoms with Crippen molar-refractivity contribution in [1.82, 2.24) is 10.2 Å². The van der Waals surface area contributed by atoms with Gasteiger partial charge in [0.25, 0.3) is 0 Å². The molecule has 0 saturated carbocycles. The summed E-state index contributed by atoms with van der Waals surface area (Å²) in [6.07, 6.45) is 2.20. The maximum absolute atomic E-state index is 12.3. The third-order valence-corrected chi connectivity index (χ3v) is 5.77. The van der Waals surface area contributed by atoms with E-state index in [9.17, 15) is 4.79 Å². The number of anilines is 2. The van der Waals surface area contributed by atoms with Crippen LogP contribution in [0.1, 0.15) is 26.7 Å². The second kappa shape index (κ2) is 9.46. The number of aromatic nitrogens is 2. The summed E-state index contributed by atoms with van der Waals surface area (Å²) in [6.45, 7) is 4.81. The van der Waals surface area contributed by atoms with Gasteiger partial charge in [-0.3, -0.25) is 4.79 Å². The van der Waals surface area contributed by atoms with Gasteiger partial charge >= 0.3 is 0 Å². The Labute approximate surface area is 159 Å². The van der Waals surface area contributed by atoms with Gasteiger partial charge in [0.1, 0.15) is 0 Å². The molecule has 130 valence electrons. The molecule has 0 radical (unpaired) electrons. The highest BCUT2D eigenvalue weighted by Gasteiger charge is 2.19. The summed E-state index contributed by atoms with van der Waals surface area (Å²) in [5.41, 5.74) is 0.428. The molecule has 0 aliphatic heterocycles. The van der Waals surface area contributed by atoms with Gasteiger partial charge in [-0.05, 0) is 25.5 Å². The van der Waals surface area contributed by atoms with E-state index in [0.717, 1.165) is 28.9 Å². The van der Waals surface area contributed by atoms with E-state index < -0.39 is 0 Å². The number of unbranched alkanes of at least 4 members (excludes halogenated alkanes) is 1. The van der Waals surface area contributed by atoms with Gasteiger partial charge in [-0.1, -0.05) is 65.7 Å². The van der Waals surface area contributed by atoms with Crippen LogP contribution in [-0.4, -0.2) is 27.9 Å². The molecule has 0 fully saturated rings. The Bertz CT molecular complexity index is 676. The summed E-state index contributed by atoms with van der Waals surface area (Å²) >= 11 is 14.9. The van der Waals surface area contributed by atoms with Crippen molar-refractivity contribution in [1.29, 1.82) is 0 Å². The van der Waals surface area contributed by atoms with Crippen LogP contribution in [-0.2, 0) is 4.79 Å². The summed E-state index contributed by atoms with van der Waals surface area (Å²) in [4.78, 5) is 12.3. The largest absolute Gasteiger partial charge is 0.360 e. The third-order valence-electron chi connectivity index (χ3n) is 3.07. The number of nitrogens with zero attached hydrogens (tertiary/aromatic N) is 2. The maximum Gasteiger partial charge on any atom is 0.237 e. The second-order valence-corrected chi connectivity index (χ2v) is 8.38. The predicted octanol–water partition coefficient (Wildman–Crippen LogP) is 5.18. The van der Waals surface area contributed by atoms with E-state index in [1.807, 2.05) is 0 Å². The van der Waals surface area contributed by atoms with Gasteiger partial charge in [0.15, 0.2) is 4.34 Å². The van der Waals surface area contributed by atoms with E-state index in [0.29, 0.717) is 15.7 Å². The van der Waals surface area contributed by atoms with E-state index in [1.165, 1.54) is 23.1 Å². The highest BCUT2D eigenvalue weighted by molar-refractivity contribution is 8.02. The Morgan fingerprint density at radius 2 is 2.04 bits per heavy atom. The molecule has 2 N–H and O–H groups in total. The van der Waals surface area contributed by atoms with Gasteiger partial charge in [-0.2, -0.15) is 0 Å². The first-order valence-corrected chi connectivity index (χ1v) is 9.95. The summed E-state index contributed by atoms with van der Waals surface area (Å²) in [6, 6.07) is 5.09. The van der Waals surface area contributed by atoms with Gasteiger partial charge in [-0.25, -0.2) is 0 Å². The zero-order chi connectivity index (χ0) is 17.5. The molecule has 2 rings (SSSR count). The van der Waals surface area contributed by atoms with Crippen LogP contribution in [0.5, 0.6) is 0 Å². The lowest BCUT2D eigenvalue weighted by atomic mass is 10.3. The molecular weight excluding hydrogens is 387 g/mol. The topological polar surface area (TPSA) is 66.9 Å². The third kappa shape index (κ3) is 5.51. The Morgan fingerprint density at radius 1 is 1.33 bits per heavy atom. The average molecular weight is 405 g/mol. The van der Waals surface area contributed by atoms with Crippen LogP contribution in [0.4, 0.5) is 10.8 Å². The van der Waals surface area contributed by atoms with Crippen LogP contribution in [0.25, 0.3) is 0 Å². The lowest BCUT2D eigenvalue weighted by molar-refractivity contribution is -0.115. The SMILES string of the molecule is CCCCNc1nnc(S[C@@H](C)C(=O)Nc2c(Cl)cccc2Cl)s1. The molecule has 2 aromatic rings. The lowest BCUT2D eigenvalue weighted by Gasteiger charge is -2.12. The molecular formula is C15H18Cl2N4OS2. The summed E-state index contributed by atoms with van der Waals surface area (Å²) in [7, 11) is 0. The molecule has 9 heteroatoms. The highest BCUT2D eigenvalue weighted by Crippen LogP contribution is 2.32. The molecule has 1 heterocycles.